The largest absolute Gasteiger partial charge is 0.497 e. The lowest BCUT2D eigenvalue weighted by molar-refractivity contribution is -0.136. The Morgan fingerprint density at radius 1 is 1.06 bits per heavy atom. The molecular weight excluding hydrogens is 432 g/mol. The zero-order chi connectivity index (χ0) is 24.2. The van der Waals surface area contributed by atoms with E-state index in [4.69, 9.17) is 9.47 Å². The first-order valence-corrected chi connectivity index (χ1v) is 11.5. The molecule has 0 radical (unpaired) electrons. The molecule has 0 aromatic heterocycles. The van der Waals surface area contributed by atoms with Crippen molar-refractivity contribution in [1.82, 2.24) is 15.5 Å². The molecule has 0 spiro atoms. The summed E-state index contributed by atoms with van der Waals surface area (Å²) in [6.07, 6.45) is 0. The predicted molar refractivity (Wildman–Crippen MR) is 131 cm³/mol. The van der Waals surface area contributed by atoms with Crippen molar-refractivity contribution in [1.29, 1.82) is 0 Å². The highest BCUT2D eigenvalue weighted by atomic mass is 16.5. The second-order valence-electron chi connectivity index (χ2n) is 8.67. The Labute approximate surface area is 200 Å². The van der Waals surface area contributed by atoms with Gasteiger partial charge in [-0.1, -0.05) is 24.3 Å². The Morgan fingerprint density at radius 2 is 1.79 bits per heavy atom. The van der Waals surface area contributed by atoms with E-state index in [1.54, 1.807) is 7.11 Å². The molecule has 0 bridgehead atoms. The number of nitrogens with zero attached hydrogens (tertiary/aromatic N) is 2. The highest BCUT2D eigenvalue weighted by Gasteiger charge is 2.34. The van der Waals surface area contributed by atoms with Gasteiger partial charge in [0.2, 0.25) is 0 Å². The smallest absolute Gasteiger partial charge is 0.338 e. The molecule has 180 valence electrons. The molecule has 2 aromatic rings. The van der Waals surface area contributed by atoms with Gasteiger partial charge in [-0.2, -0.15) is 0 Å². The SMILES string of the molecule is COC(=O)C1=C(CN2CCN(c3cccc(C)c3C)CC2)NC(=O)NC1c1cccc(OC)c1. The summed E-state index contributed by atoms with van der Waals surface area (Å²) < 4.78 is 10.4. The number of esters is 1. The van der Waals surface area contributed by atoms with Crippen molar-refractivity contribution in [2.45, 2.75) is 19.9 Å². The quantitative estimate of drug-likeness (QED) is 0.640. The Balaban J connectivity index is 1.56. The molecule has 34 heavy (non-hydrogen) atoms. The normalized spacial score (nSPS) is 18.9. The van der Waals surface area contributed by atoms with E-state index in [-0.39, 0.29) is 6.03 Å². The van der Waals surface area contributed by atoms with Gasteiger partial charge in [-0.05, 0) is 48.7 Å². The van der Waals surface area contributed by atoms with E-state index in [9.17, 15) is 9.59 Å². The topological polar surface area (TPSA) is 83.1 Å². The van der Waals surface area contributed by atoms with E-state index < -0.39 is 12.0 Å². The number of methoxy groups -OCH3 is 2. The van der Waals surface area contributed by atoms with Crippen LogP contribution in [0.5, 0.6) is 5.75 Å². The lowest BCUT2D eigenvalue weighted by Crippen LogP contribution is -2.51. The van der Waals surface area contributed by atoms with Crippen molar-refractivity contribution in [2.24, 2.45) is 0 Å². The van der Waals surface area contributed by atoms with Gasteiger partial charge in [-0.25, -0.2) is 9.59 Å². The molecule has 0 saturated carbocycles. The van der Waals surface area contributed by atoms with E-state index in [1.807, 2.05) is 24.3 Å². The average Bonchev–Trinajstić information content (AvgIpc) is 2.85. The number of benzene rings is 2. The van der Waals surface area contributed by atoms with Crippen molar-refractivity contribution in [3.05, 3.63) is 70.4 Å². The van der Waals surface area contributed by atoms with Gasteiger partial charge < -0.3 is 25.0 Å². The zero-order valence-electron chi connectivity index (χ0n) is 20.2. The second-order valence-corrected chi connectivity index (χ2v) is 8.67. The third kappa shape index (κ3) is 4.87. The number of hydrogen-bond acceptors (Lipinski definition) is 6. The maximum atomic E-state index is 12.8. The number of carbonyl (C=O) groups is 2. The second kappa shape index (κ2) is 10.2. The summed E-state index contributed by atoms with van der Waals surface area (Å²) in [6, 6.07) is 12.8. The standard InChI is InChI=1S/C26H32N4O4/c1-17-7-5-10-22(18(17)2)30-13-11-29(12-14-30)16-21-23(25(31)34-4)24(28-26(32)27-21)19-8-6-9-20(15-19)33-3/h5-10,15,24H,11-14,16H2,1-4H3,(H2,27,28,32). The van der Waals surface area contributed by atoms with Gasteiger partial charge in [0.25, 0.3) is 0 Å². The van der Waals surface area contributed by atoms with Gasteiger partial charge in [-0.15, -0.1) is 0 Å². The Hall–Kier alpha value is -3.52. The van der Waals surface area contributed by atoms with Gasteiger partial charge in [0.05, 0.1) is 25.8 Å². The van der Waals surface area contributed by atoms with Crippen molar-refractivity contribution in [3.8, 4) is 5.75 Å². The first kappa shape index (κ1) is 23.6. The van der Waals surface area contributed by atoms with E-state index in [0.29, 0.717) is 23.6 Å². The summed E-state index contributed by atoms with van der Waals surface area (Å²) in [5, 5.41) is 5.72. The molecule has 8 heteroatoms. The van der Waals surface area contributed by atoms with Crippen LogP contribution in [0.2, 0.25) is 0 Å². The van der Waals surface area contributed by atoms with Gasteiger partial charge in [0.1, 0.15) is 5.75 Å². The maximum absolute atomic E-state index is 12.8. The Kier molecular flexibility index (Phi) is 7.07. The zero-order valence-corrected chi connectivity index (χ0v) is 20.2. The number of rotatable bonds is 6. The highest BCUT2D eigenvalue weighted by Crippen LogP contribution is 2.30. The number of hydrogen-bond donors (Lipinski definition) is 2. The fraction of sp³-hybridized carbons (Fsp3) is 0.385. The molecule has 8 nitrogen and oxygen atoms in total. The van der Waals surface area contributed by atoms with Crippen LogP contribution in [-0.2, 0) is 9.53 Å². The molecule has 2 aliphatic heterocycles. The molecule has 2 N–H and O–H groups in total. The van der Waals surface area contributed by atoms with Crippen LogP contribution in [0.1, 0.15) is 22.7 Å². The lowest BCUT2D eigenvalue weighted by Gasteiger charge is -2.38. The maximum Gasteiger partial charge on any atom is 0.338 e. The summed E-state index contributed by atoms with van der Waals surface area (Å²) in [4.78, 5) is 30.0. The van der Waals surface area contributed by atoms with Gasteiger partial charge in [0.15, 0.2) is 0 Å². The monoisotopic (exact) mass is 464 g/mol. The van der Waals surface area contributed by atoms with Gasteiger partial charge in [-0.3, -0.25) is 4.90 Å². The van der Waals surface area contributed by atoms with Crippen LogP contribution in [-0.4, -0.2) is 63.8 Å². The molecule has 1 fully saturated rings. The molecule has 4 rings (SSSR count). The summed E-state index contributed by atoms with van der Waals surface area (Å²) in [7, 11) is 2.94. The first-order chi connectivity index (χ1) is 16.4. The number of anilines is 1. The molecule has 2 aliphatic rings. The lowest BCUT2D eigenvalue weighted by atomic mass is 9.94. The predicted octanol–water partition coefficient (Wildman–Crippen LogP) is 2.92. The van der Waals surface area contributed by atoms with Crippen LogP contribution in [0.3, 0.4) is 0 Å². The Bertz CT molecular complexity index is 1110. The molecule has 1 saturated heterocycles. The average molecular weight is 465 g/mol. The Morgan fingerprint density at radius 3 is 2.50 bits per heavy atom. The number of piperazine rings is 1. The molecule has 0 aliphatic carbocycles. The van der Waals surface area contributed by atoms with Crippen LogP contribution < -0.4 is 20.3 Å². The minimum atomic E-state index is -0.623. The summed E-state index contributed by atoms with van der Waals surface area (Å²) in [5.74, 6) is 0.183. The third-order valence-corrected chi connectivity index (χ3v) is 6.66. The third-order valence-electron chi connectivity index (χ3n) is 6.66. The summed E-state index contributed by atoms with van der Waals surface area (Å²) in [5.41, 5.74) is 5.59. The van der Waals surface area contributed by atoms with Crippen LogP contribution in [0.25, 0.3) is 0 Å². The minimum absolute atomic E-state index is 0.343. The summed E-state index contributed by atoms with van der Waals surface area (Å²) in [6.45, 7) is 8.13. The van der Waals surface area contributed by atoms with Crippen molar-refractivity contribution >= 4 is 17.7 Å². The van der Waals surface area contributed by atoms with Crippen LogP contribution in [0.4, 0.5) is 10.5 Å². The molecule has 1 atom stereocenters. The fourth-order valence-electron chi connectivity index (χ4n) is 4.61. The molecule has 2 amide bonds. The highest BCUT2D eigenvalue weighted by molar-refractivity contribution is 5.95. The molecule has 2 heterocycles. The molecule has 1 unspecified atom stereocenters. The number of amides is 2. The number of urea groups is 1. The van der Waals surface area contributed by atoms with E-state index in [0.717, 1.165) is 31.7 Å². The van der Waals surface area contributed by atoms with Crippen LogP contribution in [0.15, 0.2) is 53.7 Å². The van der Waals surface area contributed by atoms with Gasteiger partial charge >= 0.3 is 12.0 Å². The molecular formula is C26H32N4O4. The van der Waals surface area contributed by atoms with Crippen molar-refractivity contribution in [2.75, 3.05) is 51.8 Å². The van der Waals surface area contributed by atoms with Crippen molar-refractivity contribution < 1.29 is 19.1 Å². The number of carbonyl (C=O) groups excluding carboxylic acids is 2. The van der Waals surface area contributed by atoms with E-state index in [2.05, 4.69) is 52.5 Å². The number of aryl methyl sites for hydroxylation is 1. The molecule has 2 aromatic carbocycles. The minimum Gasteiger partial charge on any atom is -0.497 e. The summed E-state index contributed by atoms with van der Waals surface area (Å²) >= 11 is 0. The van der Waals surface area contributed by atoms with Crippen molar-refractivity contribution in [3.63, 3.8) is 0 Å². The van der Waals surface area contributed by atoms with Crippen LogP contribution >= 0.6 is 0 Å². The van der Waals surface area contributed by atoms with Gasteiger partial charge in [0, 0.05) is 44.1 Å². The van der Waals surface area contributed by atoms with Crippen LogP contribution in [0, 0.1) is 13.8 Å². The number of ether oxygens (including phenoxy) is 2. The van der Waals surface area contributed by atoms with E-state index >= 15 is 0 Å². The van der Waals surface area contributed by atoms with E-state index in [1.165, 1.54) is 23.9 Å². The first-order valence-electron chi connectivity index (χ1n) is 11.5. The fourth-order valence-corrected chi connectivity index (χ4v) is 4.61. The number of nitrogens with one attached hydrogen (secondary N) is 2.